The number of nitrogens with one attached hydrogen (secondary N) is 3. The Hall–Kier alpha value is -2.15. The minimum absolute atomic E-state index is 0.0846. The largest absolute Gasteiger partial charge is 0.354 e. The zero-order chi connectivity index (χ0) is 15.8. The second kappa shape index (κ2) is 8.21. The van der Waals surface area contributed by atoms with Crippen LogP contribution in [0.25, 0.3) is 0 Å². The van der Waals surface area contributed by atoms with Crippen molar-refractivity contribution in [2.24, 2.45) is 5.84 Å². The predicted octanol–water partition coefficient (Wildman–Crippen LogP) is 0.574. The molecule has 1 heterocycles. The highest BCUT2D eigenvalue weighted by Crippen LogP contribution is 2.10. The Kier molecular flexibility index (Phi) is 6.61. The van der Waals surface area contributed by atoms with Crippen molar-refractivity contribution in [2.45, 2.75) is 39.7 Å². The summed E-state index contributed by atoms with van der Waals surface area (Å²) in [4.78, 5) is 27.7. The highest BCUT2D eigenvalue weighted by Gasteiger charge is 2.10. The summed E-state index contributed by atoms with van der Waals surface area (Å²) < 4.78 is 0. The SMILES string of the molecule is CCc1cc(C(=O)NCCC(=O)NC(C)C)cc(NN)n1. The Morgan fingerprint density at radius 3 is 2.62 bits per heavy atom. The van der Waals surface area contributed by atoms with Crippen LogP contribution in [-0.2, 0) is 11.2 Å². The van der Waals surface area contributed by atoms with Gasteiger partial charge >= 0.3 is 0 Å². The molecule has 0 fully saturated rings. The van der Waals surface area contributed by atoms with Crippen LogP contribution in [0, 0.1) is 0 Å². The first-order valence-electron chi connectivity index (χ1n) is 7.01. The molecule has 1 rings (SSSR count). The van der Waals surface area contributed by atoms with Crippen LogP contribution in [0.3, 0.4) is 0 Å². The molecule has 7 heteroatoms. The molecule has 0 atom stereocenters. The minimum Gasteiger partial charge on any atom is -0.354 e. The summed E-state index contributed by atoms with van der Waals surface area (Å²) in [5, 5.41) is 5.48. The number of carbonyl (C=O) groups is 2. The predicted molar refractivity (Wildman–Crippen MR) is 81.7 cm³/mol. The number of hydrogen-bond acceptors (Lipinski definition) is 5. The van der Waals surface area contributed by atoms with Gasteiger partial charge in [-0.15, -0.1) is 0 Å². The van der Waals surface area contributed by atoms with Gasteiger partial charge in [0.05, 0.1) is 0 Å². The van der Waals surface area contributed by atoms with E-state index < -0.39 is 0 Å². The molecule has 0 aliphatic heterocycles. The maximum Gasteiger partial charge on any atom is 0.251 e. The molecule has 0 saturated heterocycles. The number of carbonyl (C=O) groups excluding carboxylic acids is 2. The molecule has 0 aliphatic rings. The van der Waals surface area contributed by atoms with E-state index in [1.54, 1.807) is 12.1 Å². The number of aryl methyl sites for hydroxylation is 1. The third-order valence-electron chi connectivity index (χ3n) is 2.74. The van der Waals surface area contributed by atoms with Crippen molar-refractivity contribution >= 4 is 17.6 Å². The van der Waals surface area contributed by atoms with E-state index in [0.717, 1.165) is 5.69 Å². The standard InChI is InChI=1S/C14H23N5O2/c1-4-11-7-10(8-12(18-11)19-15)14(21)16-6-5-13(20)17-9(2)3/h7-9H,4-6,15H2,1-3H3,(H,16,21)(H,17,20)(H,18,19). The van der Waals surface area contributed by atoms with Gasteiger partial charge in [-0.2, -0.15) is 0 Å². The monoisotopic (exact) mass is 293 g/mol. The average molecular weight is 293 g/mol. The molecule has 2 amide bonds. The fraction of sp³-hybridized carbons (Fsp3) is 0.500. The molecule has 5 N–H and O–H groups in total. The van der Waals surface area contributed by atoms with E-state index in [-0.39, 0.29) is 30.8 Å². The van der Waals surface area contributed by atoms with Gasteiger partial charge in [0.2, 0.25) is 5.91 Å². The Labute approximate surface area is 124 Å². The van der Waals surface area contributed by atoms with Crippen LogP contribution in [-0.4, -0.2) is 29.4 Å². The number of nitrogens with zero attached hydrogens (tertiary/aromatic N) is 1. The van der Waals surface area contributed by atoms with Gasteiger partial charge in [0, 0.05) is 30.3 Å². The second-order valence-corrected chi connectivity index (χ2v) is 4.96. The van der Waals surface area contributed by atoms with Crippen LogP contribution < -0.4 is 21.9 Å². The van der Waals surface area contributed by atoms with E-state index in [0.29, 0.717) is 17.8 Å². The Balaban J connectivity index is 2.57. The fourth-order valence-electron chi connectivity index (χ4n) is 1.76. The van der Waals surface area contributed by atoms with Gasteiger partial charge in [-0.1, -0.05) is 6.92 Å². The lowest BCUT2D eigenvalue weighted by Gasteiger charge is -2.10. The van der Waals surface area contributed by atoms with Crippen molar-refractivity contribution < 1.29 is 9.59 Å². The number of amides is 2. The van der Waals surface area contributed by atoms with E-state index in [1.807, 2.05) is 20.8 Å². The van der Waals surface area contributed by atoms with E-state index in [2.05, 4.69) is 21.0 Å². The van der Waals surface area contributed by atoms with Crippen molar-refractivity contribution in [2.75, 3.05) is 12.0 Å². The lowest BCUT2D eigenvalue weighted by Crippen LogP contribution is -2.34. The third kappa shape index (κ3) is 5.78. The smallest absolute Gasteiger partial charge is 0.251 e. The maximum absolute atomic E-state index is 12.0. The van der Waals surface area contributed by atoms with Crippen LogP contribution in [0.1, 0.15) is 43.2 Å². The van der Waals surface area contributed by atoms with Gasteiger partial charge in [0.15, 0.2) is 0 Å². The number of nitrogen functional groups attached to an aromatic ring is 1. The summed E-state index contributed by atoms with van der Waals surface area (Å²) in [7, 11) is 0. The number of aromatic nitrogens is 1. The van der Waals surface area contributed by atoms with Crippen LogP contribution in [0.4, 0.5) is 5.82 Å². The molecule has 0 aliphatic carbocycles. The van der Waals surface area contributed by atoms with Crippen molar-refractivity contribution in [3.05, 3.63) is 23.4 Å². The van der Waals surface area contributed by atoms with Crippen molar-refractivity contribution in [1.82, 2.24) is 15.6 Å². The van der Waals surface area contributed by atoms with Gasteiger partial charge in [-0.3, -0.25) is 9.59 Å². The Morgan fingerprint density at radius 1 is 1.33 bits per heavy atom. The highest BCUT2D eigenvalue weighted by atomic mass is 16.2. The quantitative estimate of drug-likeness (QED) is 0.434. The van der Waals surface area contributed by atoms with Crippen LogP contribution in [0.15, 0.2) is 12.1 Å². The number of hydrazine groups is 1. The number of pyridine rings is 1. The lowest BCUT2D eigenvalue weighted by atomic mass is 10.2. The number of nitrogens with two attached hydrogens (primary N) is 1. The molecule has 0 aromatic carbocycles. The molecule has 0 saturated carbocycles. The van der Waals surface area contributed by atoms with E-state index in [1.165, 1.54) is 0 Å². The van der Waals surface area contributed by atoms with Gasteiger partial charge in [0.25, 0.3) is 5.91 Å². The van der Waals surface area contributed by atoms with Crippen molar-refractivity contribution in [3.63, 3.8) is 0 Å². The average Bonchev–Trinajstić information content (AvgIpc) is 2.45. The summed E-state index contributed by atoms with van der Waals surface area (Å²) in [5.74, 6) is 5.44. The number of rotatable bonds is 7. The lowest BCUT2D eigenvalue weighted by molar-refractivity contribution is -0.121. The molecule has 21 heavy (non-hydrogen) atoms. The number of hydrogen-bond donors (Lipinski definition) is 4. The molecule has 7 nitrogen and oxygen atoms in total. The summed E-state index contributed by atoms with van der Waals surface area (Å²) >= 11 is 0. The minimum atomic E-state index is -0.249. The van der Waals surface area contributed by atoms with Crippen LogP contribution >= 0.6 is 0 Å². The summed E-state index contributed by atoms with van der Waals surface area (Å²) in [6.45, 7) is 6.01. The molecular formula is C14H23N5O2. The van der Waals surface area contributed by atoms with Gasteiger partial charge in [-0.05, 0) is 32.4 Å². The van der Waals surface area contributed by atoms with E-state index in [4.69, 9.17) is 5.84 Å². The molecule has 1 aromatic heterocycles. The molecular weight excluding hydrogens is 270 g/mol. The Morgan fingerprint density at radius 2 is 2.05 bits per heavy atom. The summed E-state index contributed by atoms with van der Waals surface area (Å²) in [5.41, 5.74) is 3.68. The Bertz CT molecular complexity index is 480. The zero-order valence-electron chi connectivity index (χ0n) is 12.7. The molecule has 0 unspecified atom stereocenters. The molecule has 1 aromatic rings. The van der Waals surface area contributed by atoms with E-state index >= 15 is 0 Å². The summed E-state index contributed by atoms with van der Waals surface area (Å²) in [6.07, 6.45) is 0.949. The van der Waals surface area contributed by atoms with Crippen LogP contribution in [0.5, 0.6) is 0 Å². The summed E-state index contributed by atoms with van der Waals surface area (Å²) in [6, 6.07) is 3.38. The van der Waals surface area contributed by atoms with Gasteiger partial charge in [-0.25, -0.2) is 10.8 Å². The van der Waals surface area contributed by atoms with Crippen molar-refractivity contribution in [1.29, 1.82) is 0 Å². The molecule has 0 radical (unpaired) electrons. The normalized spacial score (nSPS) is 10.3. The molecule has 0 spiro atoms. The molecule has 0 bridgehead atoms. The van der Waals surface area contributed by atoms with Gasteiger partial charge < -0.3 is 16.1 Å². The second-order valence-electron chi connectivity index (χ2n) is 4.96. The maximum atomic E-state index is 12.0. The molecule has 116 valence electrons. The third-order valence-corrected chi connectivity index (χ3v) is 2.74. The topological polar surface area (TPSA) is 109 Å². The van der Waals surface area contributed by atoms with Crippen molar-refractivity contribution in [3.8, 4) is 0 Å². The van der Waals surface area contributed by atoms with E-state index in [9.17, 15) is 9.59 Å². The fourth-order valence-corrected chi connectivity index (χ4v) is 1.76. The number of anilines is 1. The zero-order valence-corrected chi connectivity index (χ0v) is 12.7. The first-order valence-corrected chi connectivity index (χ1v) is 7.01. The van der Waals surface area contributed by atoms with Crippen LogP contribution in [0.2, 0.25) is 0 Å². The highest BCUT2D eigenvalue weighted by molar-refractivity contribution is 5.95. The van der Waals surface area contributed by atoms with Gasteiger partial charge in [0.1, 0.15) is 5.82 Å². The first-order chi connectivity index (χ1) is 9.96. The first kappa shape index (κ1) is 16.9.